The maximum absolute atomic E-state index is 12.8. The van der Waals surface area contributed by atoms with Gasteiger partial charge in [-0.1, -0.05) is 111 Å². The summed E-state index contributed by atoms with van der Waals surface area (Å²) in [6.07, 6.45) is 20.4. The van der Waals surface area contributed by atoms with Crippen molar-refractivity contribution >= 4 is 23.7 Å². The van der Waals surface area contributed by atoms with Crippen molar-refractivity contribution in [1.82, 2.24) is 16.0 Å². The number of guanidine groups is 1. The lowest BCUT2D eigenvalue weighted by Gasteiger charge is -2.23. The number of carbonyl (C=O) groups is 3. The van der Waals surface area contributed by atoms with E-state index in [-0.39, 0.29) is 24.2 Å². The highest BCUT2D eigenvalue weighted by molar-refractivity contribution is 5.90. The zero-order valence-corrected chi connectivity index (χ0v) is 25.1. The lowest BCUT2D eigenvalue weighted by Crippen LogP contribution is -2.52. The van der Waals surface area contributed by atoms with Crippen LogP contribution in [0.3, 0.4) is 0 Å². The number of amides is 2. The van der Waals surface area contributed by atoms with E-state index in [1.165, 1.54) is 77.0 Å². The molecular weight excluding hydrogens is 494 g/mol. The van der Waals surface area contributed by atoms with Gasteiger partial charge in [-0.3, -0.25) is 15.0 Å². The summed E-state index contributed by atoms with van der Waals surface area (Å²) in [5, 5.41) is 24.7. The first-order valence-electron chi connectivity index (χ1n) is 15.6. The summed E-state index contributed by atoms with van der Waals surface area (Å²) in [6.45, 7) is 6.53. The Bertz CT molecular complexity index is 672. The number of rotatable bonds is 26. The molecule has 0 aromatic heterocycles. The van der Waals surface area contributed by atoms with Gasteiger partial charge in [0.25, 0.3) is 0 Å². The molecule has 0 rings (SSSR count). The third-order valence-electron chi connectivity index (χ3n) is 6.97. The molecule has 0 aliphatic rings. The van der Waals surface area contributed by atoms with Crippen LogP contribution in [0.25, 0.3) is 0 Å². The van der Waals surface area contributed by atoms with Crippen molar-refractivity contribution in [1.29, 1.82) is 5.41 Å². The fourth-order valence-electron chi connectivity index (χ4n) is 4.69. The molecule has 39 heavy (non-hydrogen) atoms. The number of nitrogens with two attached hydrogens (primary N) is 1. The second-order valence-corrected chi connectivity index (χ2v) is 11.3. The van der Waals surface area contributed by atoms with Gasteiger partial charge >= 0.3 is 5.97 Å². The molecule has 0 bridgehead atoms. The molecule has 0 fully saturated rings. The highest BCUT2D eigenvalue weighted by Gasteiger charge is 2.26. The van der Waals surface area contributed by atoms with Gasteiger partial charge in [-0.25, -0.2) is 4.79 Å². The Kier molecular flexibility index (Phi) is 23.2. The van der Waals surface area contributed by atoms with E-state index < -0.39 is 24.0 Å². The summed E-state index contributed by atoms with van der Waals surface area (Å²) in [5.41, 5.74) is 5.23. The average Bonchev–Trinajstić information content (AvgIpc) is 2.87. The van der Waals surface area contributed by atoms with Crippen LogP contribution < -0.4 is 21.7 Å². The Morgan fingerprint density at radius 1 is 0.744 bits per heavy atom. The quantitative estimate of drug-likeness (QED) is 0.0464. The summed E-state index contributed by atoms with van der Waals surface area (Å²) in [6, 6.07) is -1.82. The van der Waals surface area contributed by atoms with Crippen LogP contribution in [0, 0.1) is 11.3 Å². The van der Waals surface area contributed by atoms with Crippen LogP contribution in [0.5, 0.6) is 0 Å². The van der Waals surface area contributed by atoms with Gasteiger partial charge in [0.05, 0.1) is 0 Å². The van der Waals surface area contributed by atoms with Gasteiger partial charge in [0.1, 0.15) is 12.1 Å². The highest BCUT2D eigenvalue weighted by Crippen LogP contribution is 2.14. The number of unbranched alkanes of at least 4 members (excludes halogenated alkanes) is 14. The van der Waals surface area contributed by atoms with Crippen LogP contribution in [-0.4, -0.2) is 47.5 Å². The summed E-state index contributed by atoms with van der Waals surface area (Å²) >= 11 is 0. The second kappa shape index (κ2) is 24.7. The minimum Gasteiger partial charge on any atom is -0.480 e. The molecule has 0 radical (unpaired) electrons. The minimum absolute atomic E-state index is 0.162. The molecule has 0 spiro atoms. The van der Waals surface area contributed by atoms with E-state index in [0.717, 1.165) is 19.3 Å². The first kappa shape index (κ1) is 36.7. The van der Waals surface area contributed by atoms with E-state index in [1.807, 2.05) is 13.8 Å². The van der Waals surface area contributed by atoms with Crippen molar-refractivity contribution in [2.24, 2.45) is 11.7 Å². The van der Waals surface area contributed by atoms with Gasteiger partial charge in [0.2, 0.25) is 11.8 Å². The lowest BCUT2D eigenvalue weighted by atomic mass is 10.0. The number of hydrogen-bond donors (Lipinski definition) is 6. The van der Waals surface area contributed by atoms with Crippen LogP contribution in [0.2, 0.25) is 0 Å². The number of nitrogens with one attached hydrogen (secondary N) is 4. The number of hydrogen-bond acceptors (Lipinski definition) is 4. The number of aliphatic carboxylic acids is 1. The fraction of sp³-hybridized carbons (Fsp3) is 0.867. The van der Waals surface area contributed by atoms with Gasteiger partial charge in [-0.15, -0.1) is 0 Å². The molecule has 0 unspecified atom stereocenters. The van der Waals surface area contributed by atoms with Crippen LogP contribution in [-0.2, 0) is 14.4 Å². The lowest BCUT2D eigenvalue weighted by molar-refractivity contribution is -0.142. The Balaban J connectivity index is 4.13. The van der Waals surface area contributed by atoms with Crippen molar-refractivity contribution in [3.05, 3.63) is 0 Å². The molecule has 0 aliphatic carbocycles. The molecule has 2 amide bonds. The van der Waals surface area contributed by atoms with Crippen molar-refractivity contribution in [2.75, 3.05) is 6.54 Å². The molecule has 0 saturated heterocycles. The fourth-order valence-corrected chi connectivity index (χ4v) is 4.69. The summed E-state index contributed by atoms with van der Waals surface area (Å²) in [7, 11) is 0. The van der Waals surface area contributed by atoms with E-state index in [2.05, 4.69) is 22.9 Å². The van der Waals surface area contributed by atoms with Crippen LogP contribution in [0.1, 0.15) is 143 Å². The van der Waals surface area contributed by atoms with Crippen LogP contribution >= 0.6 is 0 Å². The van der Waals surface area contributed by atoms with Gasteiger partial charge in [0, 0.05) is 13.0 Å². The van der Waals surface area contributed by atoms with E-state index in [1.54, 1.807) is 0 Å². The summed E-state index contributed by atoms with van der Waals surface area (Å²) in [5.74, 6) is -1.78. The minimum atomic E-state index is -1.13. The number of carboxylic acid groups (broad SMARTS) is 1. The molecule has 0 heterocycles. The van der Waals surface area contributed by atoms with E-state index >= 15 is 0 Å². The van der Waals surface area contributed by atoms with E-state index in [9.17, 15) is 19.5 Å². The van der Waals surface area contributed by atoms with Crippen LogP contribution in [0.15, 0.2) is 0 Å². The molecule has 7 N–H and O–H groups in total. The van der Waals surface area contributed by atoms with Crippen molar-refractivity contribution in [3.63, 3.8) is 0 Å². The third-order valence-corrected chi connectivity index (χ3v) is 6.97. The maximum Gasteiger partial charge on any atom is 0.326 e. The Labute approximate surface area is 237 Å². The highest BCUT2D eigenvalue weighted by atomic mass is 16.4. The molecule has 9 nitrogen and oxygen atoms in total. The van der Waals surface area contributed by atoms with Crippen LogP contribution in [0.4, 0.5) is 0 Å². The Morgan fingerprint density at radius 3 is 1.67 bits per heavy atom. The van der Waals surface area contributed by atoms with Gasteiger partial charge in [-0.05, 0) is 31.6 Å². The Hall–Kier alpha value is -2.32. The molecule has 0 aromatic rings. The molecule has 0 saturated carbocycles. The topological polar surface area (TPSA) is 157 Å². The molecule has 228 valence electrons. The average molecular weight is 554 g/mol. The molecule has 9 heteroatoms. The zero-order chi connectivity index (χ0) is 29.3. The number of carboxylic acids is 1. The Morgan fingerprint density at radius 2 is 1.23 bits per heavy atom. The van der Waals surface area contributed by atoms with Gasteiger partial charge < -0.3 is 26.8 Å². The largest absolute Gasteiger partial charge is 0.480 e. The van der Waals surface area contributed by atoms with E-state index in [0.29, 0.717) is 25.8 Å². The molecule has 2 atom stereocenters. The van der Waals surface area contributed by atoms with Gasteiger partial charge in [0.15, 0.2) is 5.96 Å². The predicted molar refractivity (Wildman–Crippen MR) is 160 cm³/mol. The monoisotopic (exact) mass is 553 g/mol. The normalized spacial score (nSPS) is 12.6. The van der Waals surface area contributed by atoms with Crippen molar-refractivity contribution < 1.29 is 19.5 Å². The first-order valence-corrected chi connectivity index (χ1v) is 15.6. The number of carbonyl (C=O) groups excluding carboxylic acids is 2. The maximum atomic E-state index is 12.8. The predicted octanol–water partition coefficient (Wildman–Crippen LogP) is 5.61. The van der Waals surface area contributed by atoms with Gasteiger partial charge in [-0.2, -0.15) is 0 Å². The summed E-state index contributed by atoms with van der Waals surface area (Å²) < 4.78 is 0. The van der Waals surface area contributed by atoms with E-state index in [4.69, 9.17) is 11.1 Å². The molecule has 0 aliphatic heterocycles. The smallest absolute Gasteiger partial charge is 0.326 e. The van der Waals surface area contributed by atoms with Crippen molar-refractivity contribution in [3.8, 4) is 0 Å². The zero-order valence-electron chi connectivity index (χ0n) is 25.1. The first-order chi connectivity index (χ1) is 18.7. The standard InChI is InChI=1S/C30H59N5O4/c1-4-5-6-7-8-9-10-11-12-13-14-15-16-17-18-21-27(36)34-26(23-24(2)3)28(37)35-25(29(38)39)20-19-22-33-30(31)32/h24-26H,4-23H2,1-3H3,(H,34,36)(H,35,37)(H,38,39)(H4,31,32,33)/t25-,26-/m0/s1. The molecule has 0 aromatic carbocycles. The summed E-state index contributed by atoms with van der Waals surface area (Å²) in [4.78, 5) is 37.0. The van der Waals surface area contributed by atoms with Crippen molar-refractivity contribution in [2.45, 2.75) is 155 Å². The molecular formula is C30H59N5O4. The second-order valence-electron chi connectivity index (χ2n) is 11.3. The SMILES string of the molecule is CCCCCCCCCCCCCCCCCC(=O)N[C@@H](CC(C)C)C(=O)N[C@@H](CCCNC(=N)N)C(=O)O. The third kappa shape index (κ3) is 23.3.